The van der Waals surface area contributed by atoms with Crippen LogP contribution in [0.25, 0.3) is 0 Å². The van der Waals surface area contributed by atoms with Crippen molar-refractivity contribution in [1.29, 1.82) is 5.26 Å². The second kappa shape index (κ2) is 7.11. The van der Waals surface area contributed by atoms with Crippen molar-refractivity contribution in [1.82, 2.24) is 10.1 Å². The van der Waals surface area contributed by atoms with Crippen LogP contribution in [0.5, 0.6) is 5.88 Å². The summed E-state index contributed by atoms with van der Waals surface area (Å²) in [6.45, 7) is 0.370. The van der Waals surface area contributed by atoms with E-state index in [-0.39, 0.29) is 5.56 Å². The quantitative estimate of drug-likeness (QED) is 0.876. The summed E-state index contributed by atoms with van der Waals surface area (Å²) >= 11 is 0. The minimum Gasteiger partial charge on any atom is -0.465 e. The average molecular weight is 326 g/mol. The first-order chi connectivity index (χ1) is 11.0. The first kappa shape index (κ1) is 16.8. The third kappa shape index (κ3) is 4.20. The van der Waals surface area contributed by atoms with Gasteiger partial charge in [0.15, 0.2) is 11.9 Å². The van der Waals surface area contributed by atoms with Gasteiger partial charge in [-0.3, -0.25) is 0 Å². The standard InChI is InChI=1S/C14H13F3N4O2/c15-14(16,17)12-4-3-9(8-19)13(21-12)22-10(2-1-6-18)11-5-7-20-23-11/h3-5,7,10H,1-2,6,18H2. The molecule has 0 fully saturated rings. The molecule has 0 spiro atoms. The molecule has 1 atom stereocenters. The van der Waals surface area contributed by atoms with E-state index >= 15 is 0 Å². The molecule has 2 aromatic rings. The lowest BCUT2D eigenvalue weighted by molar-refractivity contribution is -0.141. The minimum absolute atomic E-state index is 0.102. The van der Waals surface area contributed by atoms with E-state index in [1.807, 2.05) is 0 Å². The highest BCUT2D eigenvalue weighted by Gasteiger charge is 2.34. The Hall–Kier alpha value is -2.60. The molecular formula is C14H13F3N4O2. The minimum atomic E-state index is -4.63. The van der Waals surface area contributed by atoms with Gasteiger partial charge in [-0.25, -0.2) is 4.98 Å². The number of nitrogens with two attached hydrogens (primary N) is 1. The number of nitrogens with zero attached hydrogens (tertiary/aromatic N) is 3. The van der Waals surface area contributed by atoms with E-state index in [4.69, 9.17) is 20.3 Å². The maximum Gasteiger partial charge on any atom is 0.433 e. The Morgan fingerprint density at radius 2 is 2.13 bits per heavy atom. The number of alkyl halides is 3. The molecule has 2 N–H and O–H groups in total. The van der Waals surface area contributed by atoms with Crippen LogP contribution in [0.15, 0.2) is 28.9 Å². The molecule has 2 rings (SSSR count). The van der Waals surface area contributed by atoms with Crippen LogP contribution in [0, 0.1) is 11.3 Å². The number of hydrogen-bond donors (Lipinski definition) is 1. The molecule has 2 heterocycles. The van der Waals surface area contributed by atoms with Crippen molar-refractivity contribution >= 4 is 0 Å². The summed E-state index contributed by atoms with van der Waals surface area (Å²) in [6.07, 6.45) is -3.05. The van der Waals surface area contributed by atoms with Gasteiger partial charge in [-0.05, 0) is 31.5 Å². The highest BCUT2D eigenvalue weighted by atomic mass is 19.4. The van der Waals surface area contributed by atoms with Gasteiger partial charge in [-0.15, -0.1) is 0 Å². The van der Waals surface area contributed by atoms with Crippen LogP contribution in [0.2, 0.25) is 0 Å². The number of ether oxygens (including phenoxy) is 1. The molecule has 0 radical (unpaired) electrons. The Kier molecular flexibility index (Phi) is 5.18. The van der Waals surface area contributed by atoms with Crippen LogP contribution < -0.4 is 10.5 Å². The van der Waals surface area contributed by atoms with Crippen LogP contribution in [-0.4, -0.2) is 16.7 Å². The molecule has 0 bridgehead atoms. The topological polar surface area (TPSA) is 98.0 Å². The van der Waals surface area contributed by atoms with E-state index in [2.05, 4.69) is 10.1 Å². The summed E-state index contributed by atoms with van der Waals surface area (Å²) < 4.78 is 48.8. The van der Waals surface area contributed by atoms with E-state index in [1.165, 1.54) is 12.3 Å². The predicted octanol–water partition coefficient (Wildman–Crippen LogP) is 2.82. The molecule has 6 nitrogen and oxygen atoms in total. The van der Waals surface area contributed by atoms with Crippen molar-refractivity contribution in [2.24, 2.45) is 5.73 Å². The van der Waals surface area contributed by atoms with Crippen LogP contribution in [0.4, 0.5) is 13.2 Å². The van der Waals surface area contributed by atoms with Gasteiger partial charge in [-0.1, -0.05) is 5.16 Å². The van der Waals surface area contributed by atoms with Crippen molar-refractivity contribution in [3.63, 3.8) is 0 Å². The summed E-state index contributed by atoms with van der Waals surface area (Å²) in [5.41, 5.74) is 4.20. The third-order valence-electron chi connectivity index (χ3n) is 2.97. The first-order valence-electron chi connectivity index (χ1n) is 6.71. The molecule has 23 heavy (non-hydrogen) atoms. The molecule has 0 aromatic carbocycles. The average Bonchev–Trinajstić information content (AvgIpc) is 3.04. The summed E-state index contributed by atoms with van der Waals surface area (Å²) in [6, 6.07) is 5.03. The van der Waals surface area contributed by atoms with Crippen LogP contribution >= 0.6 is 0 Å². The molecule has 9 heteroatoms. The van der Waals surface area contributed by atoms with Gasteiger partial charge in [-0.2, -0.15) is 18.4 Å². The zero-order valence-electron chi connectivity index (χ0n) is 11.9. The Balaban J connectivity index is 2.33. The molecule has 2 aromatic heterocycles. The molecule has 0 saturated carbocycles. The number of halogens is 3. The van der Waals surface area contributed by atoms with Crippen molar-refractivity contribution in [3.05, 3.63) is 41.4 Å². The molecule has 1 unspecified atom stereocenters. The largest absolute Gasteiger partial charge is 0.465 e. The van der Waals surface area contributed by atoms with Gasteiger partial charge in [0.2, 0.25) is 5.88 Å². The fraction of sp³-hybridized carbons (Fsp3) is 0.357. The van der Waals surface area contributed by atoms with Crippen LogP contribution in [0.3, 0.4) is 0 Å². The predicted molar refractivity (Wildman–Crippen MR) is 72.1 cm³/mol. The van der Waals surface area contributed by atoms with Gasteiger partial charge in [0, 0.05) is 6.07 Å². The van der Waals surface area contributed by atoms with E-state index in [1.54, 1.807) is 6.07 Å². The highest BCUT2D eigenvalue weighted by molar-refractivity contribution is 5.39. The summed E-state index contributed by atoms with van der Waals surface area (Å²) in [5, 5.41) is 12.6. The SMILES string of the molecule is N#Cc1ccc(C(F)(F)F)nc1OC(CCCN)c1ccno1. The number of aromatic nitrogens is 2. The number of nitriles is 1. The first-order valence-corrected chi connectivity index (χ1v) is 6.71. The normalized spacial score (nSPS) is 12.7. The maximum atomic E-state index is 12.8. The lowest BCUT2D eigenvalue weighted by Gasteiger charge is -2.17. The summed E-state index contributed by atoms with van der Waals surface area (Å²) in [4.78, 5) is 3.41. The van der Waals surface area contributed by atoms with Crippen molar-refractivity contribution < 1.29 is 22.4 Å². The highest BCUT2D eigenvalue weighted by Crippen LogP contribution is 2.32. The fourth-order valence-electron chi connectivity index (χ4n) is 1.86. The molecule has 0 aliphatic rings. The molecule has 0 amide bonds. The summed E-state index contributed by atoms with van der Waals surface area (Å²) in [7, 11) is 0. The van der Waals surface area contributed by atoms with Gasteiger partial charge in [0.05, 0.1) is 6.20 Å². The second-order valence-electron chi connectivity index (χ2n) is 4.61. The van der Waals surface area contributed by atoms with Gasteiger partial charge in [0.1, 0.15) is 17.3 Å². The van der Waals surface area contributed by atoms with Gasteiger partial charge < -0.3 is 15.0 Å². The smallest absolute Gasteiger partial charge is 0.433 e. The van der Waals surface area contributed by atoms with Gasteiger partial charge >= 0.3 is 6.18 Å². The van der Waals surface area contributed by atoms with E-state index in [0.29, 0.717) is 25.1 Å². The maximum absolute atomic E-state index is 12.8. The zero-order valence-corrected chi connectivity index (χ0v) is 11.9. The lowest BCUT2D eigenvalue weighted by atomic mass is 10.1. The fourth-order valence-corrected chi connectivity index (χ4v) is 1.86. The van der Waals surface area contributed by atoms with Crippen LogP contribution in [0.1, 0.15) is 36.0 Å². The van der Waals surface area contributed by atoms with E-state index in [9.17, 15) is 13.2 Å². The molecule has 0 saturated heterocycles. The summed E-state index contributed by atoms with van der Waals surface area (Å²) in [5.74, 6) is -0.0812. The third-order valence-corrected chi connectivity index (χ3v) is 2.97. The molecule has 0 aliphatic carbocycles. The molecule has 0 aliphatic heterocycles. The van der Waals surface area contributed by atoms with Crippen molar-refractivity contribution in [3.8, 4) is 11.9 Å². The van der Waals surface area contributed by atoms with Gasteiger partial charge in [0.25, 0.3) is 0 Å². The Morgan fingerprint density at radius 1 is 1.35 bits per heavy atom. The lowest BCUT2D eigenvalue weighted by Crippen LogP contribution is -2.14. The van der Waals surface area contributed by atoms with Crippen LogP contribution in [-0.2, 0) is 6.18 Å². The number of rotatable bonds is 6. The second-order valence-corrected chi connectivity index (χ2v) is 4.61. The number of hydrogen-bond acceptors (Lipinski definition) is 6. The van der Waals surface area contributed by atoms with Crippen molar-refractivity contribution in [2.75, 3.05) is 6.54 Å². The van der Waals surface area contributed by atoms with E-state index in [0.717, 1.165) is 12.1 Å². The Morgan fingerprint density at radius 3 is 2.70 bits per heavy atom. The molecular weight excluding hydrogens is 313 g/mol. The van der Waals surface area contributed by atoms with E-state index < -0.39 is 23.9 Å². The Labute approximate surface area is 129 Å². The molecule has 122 valence electrons. The zero-order chi connectivity index (χ0) is 16.9. The Bertz CT molecular complexity index is 680. The van der Waals surface area contributed by atoms with Crippen molar-refractivity contribution in [2.45, 2.75) is 25.1 Å². The monoisotopic (exact) mass is 326 g/mol. The number of pyridine rings is 1.